The standard InChI is InChI=1S/C5H3N3/c1-6-5-4-7-2-3-8-5/h2-4H. The second-order valence-corrected chi connectivity index (χ2v) is 1.18. The number of rotatable bonds is 0. The first-order valence-corrected chi connectivity index (χ1v) is 2.07. The zero-order chi connectivity index (χ0) is 5.82. The molecular formula is C5H3N3. The molecule has 38 valence electrons. The van der Waals surface area contributed by atoms with Crippen molar-refractivity contribution in [3.63, 3.8) is 0 Å². The third kappa shape index (κ3) is 0.793. The van der Waals surface area contributed by atoms with Crippen molar-refractivity contribution in [3.05, 3.63) is 30.0 Å². The zero-order valence-electron chi connectivity index (χ0n) is 4.07. The van der Waals surface area contributed by atoms with Crippen LogP contribution < -0.4 is 0 Å². The maximum Gasteiger partial charge on any atom is 0.287 e. The molecule has 0 aromatic carbocycles. The summed E-state index contributed by atoms with van der Waals surface area (Å²) >= 11 is 0. The van der Waals surface area contributed by atoms with Crippen LogP contribution in [0.1, 0.15) is 0 Å². The van der Waals surface area contributed by atoms with Gasteiger partial charge in [0.25, 0.3) is 5.82 Å². The monoisotopic (exact) mass is 105 g/mol. The Bertz CT molecular complexity index is 199. The number of hydrogen-bond acceptors (Lipinski definition) is 2. The van der Waals surface area contributed by atoms with E-state index in [0.29, 0.717) is 5.82 Å². The van der Waals surface area contributed by atoms with E-state index in [1.165, 1.54) is 18.6 Å². The van der Waals surface area contributed by atoms with E-state index >= 15 is 0 Å². The number of hydrogen-bond donors (Lipinski definition) is 0. The molecule has 0 aliphatic heterocycles. The average molecular weight is 105 g/mol. The van der Waals surface area contributed by atoms with Crippen molar-refractivity contribution in [2.24, 2.45) is 0 Å². The highest BCUT2D eigenvalue weighted by Gasteiger charge is 1.84. The summed E-state index contributed by atoms with van der Waals surface area (Å²) in [4.78, 5) is 10.4. The second-order valence-electron chi connectivity index (χ2n) is 1.18. The highest BCUT2D eigenvalue weighted by molar-refractivity contribution is 5.29. The van der Waals surface area contributed by atoms with Gasteiger partial charge in [0.2, 0.25) is 0 Å². The lowest BCUT2D eigenvalue weighted by Gasteiger charge is -1.78. The molecule has 0 saturated carbocycles. The highest BCUT2D eigenvalue weighted by atomic mass is 14.9. The van der Waals surface area contributed by atoms with E-state index in [1.807, 2.05) is 0 Å². The quantitative estimate of drug-likeness (QED) is 0.461. The topological polar surface area (TPSA) is 30.1 Å². The van der Waals surface area contributed by atoms with Crippen LogP contribution in [0.5, 0.6) is 0 Å². The molecule has 0 amide bonds. The lowest BCUT2D eigenvalue weighted by Crippen LogP contribution is -1.70. The number of aromatic nitrogens is 2. The fourth-order valence-corrected chi connectivity index (χ4v) is 0.349. The molecule has 0 saturated heterocycles. The smallest absolute Gasteiger partial charge is 0.287 e. The van der Waals surface area contributed by atoms with E-state index < -0.39 is 0 Å². The van der Waals surface area contributed by atoms with Crippen LogP contribution in [0.4, 0.5) is 5.82 Å². The molecule has 8 heavy (non-hydrogen) atoms. The third-order valence-electron chi connectivity index (χ3n) is 0.664. The normalized spacial score (nSPS) is 7.88. The molecule has 1 rings (SSSR count). The summed E-state index contributed by atoms with van der Waals surface area (Å²) < 4.78 is 0. The molecule has 1 aromatic heterocycles. The van der Waals surface area contributed by atoms with Crippen LogP contribution in [0.15, 0.2) is 18.6 Å². The Morgan fingerprint density at radius 3 is 2.75 bits per heavy atom. The predicted molar refractivity (Wildman–Crippen MR) is 28.3 cm³/mol. The third-order valence-corrected chi connectivity index (χ3v) is 0.664. The van der Waals surface area contributed by atoms with E-state index in [2.05, 4.69) is 14.8 Å². The van der Waals surface area contributed by atoms with Gasteiger partial charge in [0, 0.05) is 0 Å². The summed E-state index contributed by atoms with van der Waals surface area (Å²) in [5.74, 6) is 0.340. The molecule has 0 unspecified atom stereocenters. The fourth-order valence-electron chi connectivity index (χ4n) is 0.349. The first-order chi connectivity index (χ1) is 3.93. The molecule has 0 N–H and O–H groups in total. The predicted octanol–water partition coefficient (Wildman–Crippen LogP) is 1.03. The summed E-state index contributed by atoms with van der Waals surface area (Å²) in [5, 5.41) is 0. The van der Waals surface area contributed by atoms with Crippen LogP contribution in [0.3, 0.4) is 0 Å². The lowest BCUT2D eigenvalue weighted by atomic mass is 10.7. The molecule has 0 bridgehead atoms. The summed E-state index contributed by atoms with van der Waals surface area (Å²) in [6.07, 6.45) is 4.45. The Balaban J connectivity index is 3.05. The Morgan fingerprint density at radius 1 is 1.50 bits per heavy atom. The summed E-state index contributed by atoms with van der Waals surface area (Å²) in [5.41, 5.74) is 0. The Labute approximate surface area is 46.8 Å². The molecule has 1 aromatic rings. The lowest BCUT2D eigenvalue weighted by molar-refractivity contribution is 1.22. The van der Waals surface area contributed by atoms with Crippen molar-refractivity contribution in [3.8, 4) is 0 Å². The van der Waals surface area contributed by atoms with Crippen molar-refractivity contribution >= 4 is 5.82 Å². The summed E-state index contributed by atoms with van der Waals surface area (Å²) in [6.45, 7) is 6.47. The fraction of sp³-hybridized carbons (Fsp3) is 0. The first kappa shape index (κ1) is 4.72. The van der Waals surface area contributed by atoms with Gasteiger partial charge in [0.05, 0.1) is 12.4 Å². The van der Waals surface area contributed by atoms with Crippen LogP contribution in [0.25, 0.3) is 4.85 Å². The van der Waals surface area contributed by atoms with Crippen molar-refractivity contribution in [1.29, 1.82) is 0 Å². The molecule has 0 atom stereocenters. The van der Waals surface area contributed by atoms with Crippen LogP contribution in [0, 0.1) is 6.57 Å². The van der Waals surface area contributed by atoms with E-state index in [9.17, 15) is 0 Å². The Kier molecular flexibility index (Phi) is 1.20. The highest BCUT2D eigenvalue weighted by Crippen LogP contribution is 1.99. The molecular weight excluding hydrogens is 102 g/mol. The summed E-state index contributed by atoms with van der Waals surface area (Å²) in [7, 11) is 0. The van der Waals surface area contributed by atoms with Crippen LogP contribution in [0.2, 0.25) is 0 Å². The molecule has 3 heteroatoms. The van der Waals surface area contributed by atoms with Crippen molar-refractivity contribution in [1.82, 2.24) is 9.97 Å². The van der Waals surface area contributed by atoms with Gasteiger partial charge in [0.1, 0.15) is 6.20 Å². The van der Waals surface area contributed by atoms with Crippen molar-refractivity contribution in [2.45, 2.75) is 0 Å². The minimum atomic E-state index is 0.340. The first-order valence-electron chi connectivity index (χ1n) is 2.07. The van der Waals surface area contributed by atoms with Gasteiger partial charge < -0.3 is 4.85 Å². The molecule has 0 fully saturated rings. The van der Waals surface area contributed by atoms with E-state index in [-0.39, 0.29) is 0 Å². The minimum Gasteiger partial charge on any atom is -0.359 e. The van der Waals surface area contributed by atoms with Gasteiger partial charge in [-0.25, -0.2) is 0 Å². The average Bonchev–Trinajstić information content (AvgIpc) is 1.90. The van der Waals surface area contributed by atoms with E-state index in [1.54, 1.807) is 0 Å². The van der Waals surface area contributed by atoms with Crippen molar-refractivity contribution in [2.75, 3.05) is 0 Å². The van der Waals surface area contributed by atoms with Gasteiger partial charge in [-0.2, -0.15) is 0 Å². The van der Waals surface area contributed by atoms with Gasteiger partial charge in [-0.05, 0) is 0 Å². The van der Waals surface area contributed by atoms with Crippen LogP contribution in [-0.4, -0.2) is 9.97 Å². The largest absolute Gasteiger partial charge is 0.359 e. The minimum absolute atomic E-state index is 0.340. The van der Waals surface area contributed by atoms with E-state index in [0.717, 1.165) is 0 Å². The molecule has 1 heterocycles. The van der Waals surface area contributed by atoms with Crippen molar-refractivity contribution < 1.29 is 0 Å². The molecule has 3 nitrogen and oxygen atoms in total. The van der Waals surface area contributed by atoms with E-state index in [4.69, 9.17) is 6.57 Å². The zero-order valence-corrected chi connectivity index (χ0v) is 4.07. The van der Waals surface area contributed by atoms with Gasteiger partial charge in [-0.3, -0.25) is 4.98 Å². The molecule has 0 aliphatic carbocycles. The van der Waals surface area contributed by atoms with Gasteiger partial charge in [0.15, 0.2) is 0 Å². The summed E-state index contributed by atoms with van der Waals surface area (Å²) in [6, 6.07) is 0. The molecule has 0 radical (unpaired) electrons. The SMILES string of the molecule is [C-]#[N+]c1cnccn1. The van der Waals surface area contributed by atoms with Crippen LogP contribution >= 0.6 is 0 Å². The molecule has 0 spiro atoms. The van der Waals surface area contributed by atoms with Gasteiger partial charge in [-0.15, -0.1) is 4.98 Å². The number of nitrogens with zero attached hydrogens (tertiary/aromatic N) is 3. The van der Waals surface area contributed by atoms with Gasteiger partial charge >= 0.3 is 0 Å². The Hall–Kier alpha value is -1.43. The second kappa shape index (κ2) is 2.03. The van der Waals surface area contributed by atoms with Gasteiger partial charge in [-0.1, -0.05) is 6.57 Å². The Morgan fingerprint density at radius 2 is 2.38 bits per heavy atom. The maximum atomic E-state index is 6.47. The van der Waals surface area contributed by atoms with Crippen LogP contribution in [-0.2, 0) is 0 Å². The maximum absolute atomic E-state index is 6.47. The molecule has 0 aliphatic rings.